The lowest BCUT2D eigenvalue weighted by molar-refractivity contribution is 0.133. The molecule has 6 heteroatoms. The summed E-state index contributed by atoms with van der Waals surface area (Å²) in [7, 11) is 3.75. The Kier molecular flexibility index (Phi) is 5.31. The topological polar surface area (TPSA) is 64.6 Å². The van der Waals surface area contributed by atoms with Crippen molar-refractivity contribution in [1.29, 1.82) is 0 Å². The first-order chi connectivity index (χ1) is 9.99. The zero-order valence-corrected chi connectivity index (χ0v) is 13.2. The molecule has 1 saturated carbocycles. The highest BCUT2D eigenvalue weighted by molar-refractivity contribution is 6.34. The van der Waals surface area contributed by atoms with E-state index in [4.69, 9.17) is 11.6 Å². The van der Waals surface area contributed by atoms with Crippen LogP contribution in [-0.2, 0) is 0 Å². The van der Waals surface area contributed by atoms with Crippen molar-refractivity contribution in [3.8, 4) is 0 Å². The van der Waals surface area contributed by atoms with Crippen LogP contribution < -0.4 is 15.5 Å². The molecule has 2 amide bonds. The van der Waals surface area contributed by atoms with Gasteiger partial charge in [-0.2, -0.15) is 0 Å². The molecule has 2 atom stereocenters. The molecule has 0 aliphatic heterocycles. The van der Waals surface area contributed by atoms with Gasteiger partial charge in [0, 0.05) is 26.6 Å². The Hall–Kier alpha value is -1.46. The molecular weight excluding hydrogens is 290 g/mol. The fourth-order valence-corrected chi connectivity index (χ4v) is 3.06. The summed E-state index contributed by atoms with van der Waals surface area (Å²) >= 11 is 6.16. The highest BCUT2D eigenvalue weighted by Crippen LogP contribution is 2.32. The van der Waals surface area contributed by atoms with Crippen LogP contribution in [0.5, 0.6) is 0 Å². The van der Waals surface area contributed by atoms with E-state index in [1.54, 1.807) is 12.1 Å². The maximum atomic E-state index is 12.0. The van der Waals surface area contributed by atoms with Crippen molar-refractivity contribution in [3.05, 3.63) is 23.2 Å². The molecule has 0 radical (unpaired) electrons. The number of nitrogens with zero attached hydrogens (tertiary/aromatic N) is 1. The lowest BCUT2D eigenvalue weighted by Gasteiger charge is -2.20. The van der Waals surface area contributed by atoms with Gasteiger partial charge in [0.15, 0.2) is 0 Å². The third-order valence-electron chi connectivity index (χ3n) is 3.83. The second-order valence-electron chi connectivity index (χ2n) is 5.62. The van der Waals surface area contributed by atoms with Gasteiger partial charge in [-0.05, 0) is 25.0 Å². The number of carbonyl (C=O) groups is 1. The van der Waals surface area contributed by atoms with Gasteiger partial charge in [0.25, 0.3) is 0 Å². The number of hydrogen-bond donors (Lipinski definition) is 3. The fraction of sp³-hybridized carbons (Fsp3) is 0.533. The van der Waals surface area contributed by atoms with E-state index >= 15 is 0 Å². The van der Waals surface area contributed by atoms with Gasteiger partial charge in [0.1, 0.15) is 0 Å². The van der Waals surface area contributed by atoms with Crippen molar-refractivity contribution in [2.75, 3.05) is 30.9 Å². The smallest absolute Gasteiger partial charge is 0.319 e. The molecule has 1 fully saturated rings. The Balaban J connectivity index is 1.95. The van der Waals surface area contributed by atoms with Crippen molar-refractivity contribution >= 4 is 29.0 Å². The number of hydrogen-bond acceptors (Lipinski definition) is 3. The lowest BCUT2D eigenvalue weighted by atomic mass is 10.1. The van der Waals surface area contributed by atoms with Gasteiger partial charge < -0.3 is 20.6 Å². The number of aliphatic hydroxyl groups excluding tert-OH is 1. The van der Waals surface area contributed by atoms with Gasteiger partial charge in [-0.15, -0.1) is 0 Å². The van der Waals surface area contributed by atoms with Gasteiger partial charge in [-0.3, -0.25) is 0 Å². The molecule has 0 spiro atoms. The number of benzene rings is 1. The quantitative estimate of drug-likeness (QED) is 0.801. The van der Waals surface area contributed by atoms with Crippen LogP contribution in [0, 0.1) is 5.92 Å². The largest absolute Gasteiger partial charge is 0.393 e. The molecule has 21 heavy (non-hydrogen) atoms. The third-order valence-corrected chi connectivity index (χ3v) is 4.13. The van der Waals surface area contributed by atoms with Gasteiger partial charge in [-0.25, -0.2) is 4.79 Å². The number of nitrogens with one attached hydrogen (secondary N) is 2. The number of urea groups is 1. The van der Waals surface area contributed by atoms with Crippen LogP contribution in [0.25, 0.3) is 0 Å². The summed E-state index contributed by atoms with van der Waals surface area (Å²) in [5.41, 5.74) is 1.44. The molecule has 3 N–H and O–H groups in total. The van der Waals surface area contributed by atoms with Gasteiger partial charge in [-0.1, -0.05) is 24.1 Å². The number of para-hydroxylation sites is 1. The molecule has 0 saturated heterocycles. The minimum absolute atomic E-state index is 0.156. The van der Waals surface area contributed by atoms with Crippen LogP contribution in [0.15, 0.2) is 18.2 Å². The number of aliphatic hydroxyl groups is 1. The Labute approximate surface area is 130 Å². The standard InChI is InChI=1S/C15H22ClN3O2/c1-19(2)14-11(16)6-4-7-12(14)18-15(21)17-9-10-5-3-8-13(10)20/h4,6-7,10,13,20H,3,5,8-9H2,1-2H3,(H2,17,18,21)/t10-,13+/m0/s1. The van der Waals surface area contributed by atoms with Gasteiger partial charge in [0.2, 0.25) is 0 Å². The predicted octanol–water partition coefficient (Wildman–Crippen LogP) is 2.69. The summed E-state index contributed by atoms with van der Waals surface area (Å²) in [4.78, 5) is 13.9. The highest BCUT2D eigenvalue weighted by Gasteiger charge is 2.25. The first-order valence-corrected chi connectivity index (χ1v) is 7.55. The fourth-order valence-electron chi connectivity index (χ4n) is 2.72. The van der Waals surface area contributed by atoms with E-state index in [1.165, 1.54) is 0 Å². The van der Waals surface area contributed by atoms with Crippen molar-refractivity contribution in [2.24, 2.45) is 5.92 Å². The monoisotopic (exact) mass is 311 g/mol. The zero-order chi connectivity index (χ0) is 15.4. The van der Waals surface area contributed by atoms with E-state index in [9.17, 15) is 9.90 Å². The minimum Gasteiger partial charge on any atom is -0.393 e. The number of carbonyl (C=O) groups excluding carboxylic acids is 1. The summed E-state index contributed by atoms with van der Waals surface area (Å²) in [6.07, 6.45) is 2.51. The van der Waals surface area contributed by atoms with E-state index in [2.05, 4.69) is 10.6 Å². The molecule has 0 aromatic heterocycles. The van der Waals surface area contributed by atoms with E-state index in [0.29, 0.717) is 17.3 Å². The van der Waals surface area contributed by atoms with E-state index in [-0.39, 0.29) is 18.1 Å². The molecular formula is C15H22ClN3O2. The van der Waals surface area contributed by atoms with E-state index in [1.807, 2.05) is 25.1 Å². The van der Waals surface area contributed by atoms with Crippen molar-refractivity contribution in [3.63, 3.8) is 0 Å². The normalized spacial score (nSPS) is 21.1. The molecule has 5 nitrogen and oxygen atoms in total. The van der Waals surface area contributed by atoms with Crippen LogP contribution in [0.2, 0.25) is 5.02 Å². The summed E-state index contributed by atoms with van der Waals surface area (Å²) in [6, 6.07) is 5.12. The molecule has 1 aromatic carbocycles. The average molecular weight is 312 g/mol. The molecule has 1 aliphatic rings. The van der Waals surface area contributed by atoms with Crippen LogP contribution >= 0.6 is 11.6 Å². The van der Waals surface area contributed by atoms with Crippen LogP contribution in [0.3, 0.4) is 0 Å². The average Bonchev–Trinajstić information content (AvgIpc) is 2.81. The molecule has 1 aliphatic carbocycles. The minimum atomic E-state index is -0.297. The van der Waals surface area contributed by atoms with E-state index in [0.717, 1.165) is 24.9 Å². The van der Waals surface area contributed by atoms with Gasteiger partial charge >= 0.3 is 6.03 Å². The SMILES string of the molecule is CN(C)c1c(Cl)cccc1NC(=O)NC[C@@H]1CCC[C@H]1O. The molecule has 116 valence electrons. The first kappa shape index (κ1) is 15.9. The number of halogens is 1. The summed E-state index contributed by atoms with van der Waals surface area (Å²) < 4.78 is 0. The second-order valence-corrected chi connectivity index (χ2v) is 6.03. The number of amides is 2. The third kappa shape index (κ3) is 4.02. The molecule has 0 bridgehead atoms. The molecule has 1 aromatic rings. The highest BCUT2D eigenvalue weighted by atomic mass is 35.5. The van der Waals surface area contributed by atoms with Crippen molar-refractivity contribution in [2.45, 2.75) is 25.4 Å². The first-order valence-electron chi connectivity index (χ1n) is 7.17. The van der Waals surface area contributed by atoms with Gasteiger partial charge in [0.05, 0.1) is 22.5 Å². The van der Waals surface area contributed by atoms with Crippen LogP contribution in [0.4, 0.5) is 16.2 Å². The van der Waals surface area contributed by atoms with Crippen molar-refractivity contribution in [1.82, 2.24) is 5.32 Å². The van der Waals surface area contributed by atoms with Crippen LogP contribution in [0.1, 0.15) is 19.3 Å². The molecule has 2 rings (SSSR count). The molecule has 0 unspecified atom stereocenters. The maximum absolute atomic E-state index is 12.0. The lowest BCUT2D eigenvalue weighted by Crippen LogP contribution is -2.35. The number of anilines is 2. The zero-order valence-electron chi connectivity index (χ0n) is 12.4. The Morgan fingerprint density at radius 2 is 2.19 bits per heavy atom. The summed E-state index contributed by atoms with van der Waals surface area (Å²) in [5.74, 6) is 0.156. The maximum Gasteiger partial charge on any atom is 0.319 e. The Morgan fingerprint density at radius 3 is 2.81 bits per heavy atom. The van der Waals surface area contributed by atoms with Crippen molar-refractivity contribution < 1.29 is 9.90 Å². The summed E-state index contributed by atoms with van der Waals surface area (Å²) in [5, 5.41) is 16.0. The second kappa shape index (κ2) is 7.00. The summed E-state index contributed by atoms with van der Waals surface area (Å²) in [6.45, 7) is 0.491. The predicted molar refractivity (Wildman–Crippen MR) is 86.1 cm³/mol. The van der Waals surface area contributed by atoms with Crippen LogP contribution in [-0.4, -0.2) is 37.9 Å². The Morgan fingerprint density at radius 1 is 1.43 bits per heavy atom. The number of rotatable bonds is 4. The Bertz CT molecular complexity index is 508. The van der Waals surface area contributed by atoms with E-state index < -0.39 is 0 Å². The molecule has 0 heterocycles.